The molecule has 0 aliphatic heterocycles. The van der Waals surface area contributed by atoms with Gasteiger partial charge in [-0.2, -0.15) is 0 Å². The first-order valence-corrected chi connectivity index (χ1v) is 9.70. The number of carboxylic acid groups (broad SMARTS) is 1. The predicted octanol–water partition coefficient (Wildman–Crippen LogP) is 2.32. The molecule has 0 saturated heterocycles. The summed E-state index contributed by atoms with van der Waals surface area (Å²) in [6.45, 7) is 5.17. The first-order valence-electron chi connectivity index (χ1n) is 8.22. The minimum absolute atomic E-state index is 0.0202. The van der Waals surface area contributed by atoms with Gasteiger partial charge in [-0.15, -0.1) is 0 Å². The van der Waals surface area contributed by atoms with E-state index in [9.17, 15) is 23.1 Å². The maximum atomic E-state index is 12.4. The van der Waals surface area contributed by atoms with Crippen LogP contribution in [-0.4, -0.2) is 30.9 Å². The third-order valence-corrected chi connectivity index (χ3v) is 5.30. The number of rotatable bonds is 6. The van der Waals surface area contributed by atoms with Gasteiger partial charge >= 0.3 is 5.97 Å². The average Bonchev–Trinajstić information content (AvgIpc) is 2.58. The van der Waals surface area contributed by atoms with E-state index in [1.807, 2.05) is 0 Å². The largest absolute Gasteiger partial charge is 0.479 e. The van der Waals surface area contributed by atoms with Gasteiger partial charge in [-0.05, 0) is 50.6 Å². The Balaban J connectivity index is 2.19. The zero-order chi connectivity index (χ0) is 20.2. The standard InChI is InChI=1S/C19H22N2O5S/c1-19(2,3)21-27(25,26)15-11-9-14(10-12-15)17(22)20-16(18(23)24)13-7-5-4-6-8-13/h4-12,16,21H,1-3H3,(H,20,22)(H,23,24). The lowest BCUT2D eigenvalue weighted by molar-refractivity contribution is -0.139. The Hall–Kier alpha value is -2.71. The Bertz CT molecular complexity index is 917. The molecule has 0 spiro atoms. The highest BCUT2D eigenvalue weighted by atomic mass is 32.2. The van der Waals surface area contributed by atoms with Crippen molar-refractivity contribution in [2.45, 2.75) is 37.2 Å². The quantitative estimate of drug-likeness (QED) is 0.701. The predicted molar refractivity (Wildman–Crippen MR) is 101 cm³/mol. The molecule has 144 valence electrons. The fourth-order valence-electron chi connectivity index (χ4n) is 2.40. The zero-order valence-electron chi connectivity index (χ0n) is 15.3. The number of sulfonamides is 1. The van der Waals surface area contributed by atoms with Gasteiger partial charge in [-0.1, -0.05) is 30.3 Å². The molecule has 1 amide bonds. The highest BCUT2D eigenvalue weighted by Gasteiger charge is 2.24. The van der Waals surface area contributed by atoms with Crippen LogP contribution in [0.1, 0.15) is 42.7 Å². The maximum absolute atomic E-state index is 12.4. The van der Waals surface area contributed by atoms with Crippen LogP contribution < -0.4 is 10.0 Å². The van der Waals surface area contributed by atoms with E-state index < -0.39 is 33.5 Å². The fraction of sp³-hybridized carbons (Fsp3) is 0.263. The summed E-state index contributed by atoms with van der Waals surface area (Å²) in [6.07, 6.45) is 0. The maximum Gasteiger partial charge on any atom is 0.330 e. The topological polar surface area (TPSA) is 113 Å². The van der Waals surface area contributed by atoms with Gasteiger partial charge in [0, 0.05) is 11.1 Å². The summed E-state index contributed by atoms with van der Waals surface area (Å²) in [4.78, 5) is 23.9. The second-order valence-corrected chi connectivity index (χ2v) is 8.72. The number of hydrogen-bond acceptors (Lipinski definition) is 4. The highest BCUT2D eigenvalue weighted by Crippen LogP contribution is 2.16. The molecule has 1 atom stereocenters. The van der Waals surface area contributed by atoms with Gasteiger partial charge in [-0.3, -0.25) is 4.79 Å². The smallest absolute Gasteiger partial charge is 0.330 e. The minimum atomic E-state index is -3.72. The number of benzene rings is 2. The van der Waals surface area contributed by atoms with Crippen molar-refractivity contribution in [2.24, 2.45) is 0 Å². The van der Waals surface area contributed by atoms with Crippen LogP contribution in [0.5, 0.6) is 0 Å². The molecule has 0 aliphatic carbocycles. The van der Waals surface area contributed by atoms with Crippen LogP contribution in [0.4, 0.5) is 0 Å². The third-order valence-electron chi connectivity index (χ3n) is 3.52. The van der Waals surface area contributed by atoms with Crippen molar-refractivity contribution in [3.63, 3.8) is 0 Å². The van der Waals surface area contributed by atoms with E-state index in [-0.39, 0.29) is 10.5 Å². The molecule has 0 fully saturated rings. The summed E-state index contributed by atoms with van der Waals surface area (Å²) < 4.78 is 27.1. The van der Waals surface area contributed by atoms with Crippen LogP contribution in [-0.2, 0) is 14.8 Å². The molecule has 0 aromatic heterocycles. The van der Waals surface area contributed by atoms with Crippen LogP contribution >= 0.6 is 0 Å². The van der Waals surface area contributed by atoms with Crippen molar-refractivity contribution < 1.29 is 23.1 Å². The molecule has 8 heteroatoms. The van der Waals surface area contributed by atoms with E-state index in [0.717, 1.165) is 0 Å². The second kappa shape index (κ2) is 7.89. The van der Waals surface area contributed by atoms with Crippen LogP contribution in [0, 0.1) is 0 Å². The Morgan fingerprint density at radius 3 is 2.00 bits per heavy atom. The van der Waals surface area contributed by atoms with Crippen molar-refractivity contribution in [1.29, 1.82) is 0 Å². The average molecular weight is 390 g/mol. The van der Waals surface area contributed by atoms with Crippen LogP contribution in [0.15, 0.2) is 59.5 Å². The Labute approximate surface area is 158 Å². The van der Waals surface area contributed by atoms with E-state index in [0.29, 0.717) is 5.56 Å². The van der Waals surface area contributed by atoms with Gasteiger partial charge in [0.15, 0.2) is 6.04 Å². The number of hydrogen-bond donors (Lipinski definition) is 3. The van der Waals surface area contributed by atoms with E-state index >= 15 is 0 Å². The van der Waals surface area contributed by atoms with Crippen molar-refractivity contribution in [3.8, 4) is 0 Å². The number of aliphatic carboxylic acids is 1. The Morgan fingerprint density at radius 1 is 0.963 bits per heavy atom. The molecule has 7 nitrogen and oxygen atoms in total. The van der Waals surface area contributed by atoms with Gasteiger partial charge in [0.05, 0.1) is 4.90 Å². The summed E-state index contributed by atoms with van der Waals surface area (Å²) in [5.41, 5.74) is -0.0435. The number of amides is 1. The molecule has 0 radical (unpaired) electrons. The molecule has 0 bridgehead atoms. The molecule has 0 aliphatic rings. The van der Waals surface area contributed by atoms with Gasteiger partial charge in [0.2, 0.25) is 10.0 Å². The third kappa shape index (κ3) is 5.63. The molecule has 0 saturated carbocycles. The molecule has 27 heavy (non-hydrogen) atoms. The normalized spacial score (nSPS) is 13.0. The molecule has 2 aromatic carbocycles. The molecule has 0 heterocycles. The first kappa shape index (κ1) is 20.6. The summed E-state index contributed by atoms with van der Waals surface area (Å²) in [5, 5.41) is 11.8. The lowest BCUT2D eigenvalue weighted by atomic mass is 10.1. The lowest BCUT2D eigenvalue weighted by Crippen LogP contribution is -2.40. The van der Waals surface area contributed by atoms with E-state index in [4.69, 9.17) is 0 Å². The van der Waals surface area contributed by atoms with Crippen LogP contribution in [0.2, 0.25) is 0 Å². The highest BCUT2D eigenvalue weighted by molar-refractivity contribution is 7.89. The van der Waals surface area contributed by atoms with Gasteiger partial charge in [0.1, 0.15) is 0 Å². The van der Waals surface area contributed by atoms with Gasteiger partial charge in [0.25, 0.3) is 5.91 Å². The molecular formula is C19H22N2O5S. The molecule has 1 unspecified atom stereocenters. The van der Waals surface area contributed by atoms with Crippen molar-refractivity contribution in [1.82, 2.24) is 10.0 Å². The van der Waals surface area contributed by atoms with Gasteiger partial charge < -0.3 is 10.4 Å². The molecule has 2 aromatic rings. The molecule has 2 rings (SSSR count). The van der Waals surface area contributed by atoms with E-state index in [1.54, 1.807) is 51.1 Å². The van der Waals surface area contributed by atoms with Gasteiger partial charge in [-0.25, -0.2) is 17.9 Å². The summed E-state index contributed by atoms with van der Waals surface area (Å²) in [7, 11) is -3.72. The minimum Gasteiger partial charge on any atom is -0.479 e. The number of nitrogens with one attached hydrogen (secondary N) is 2. The van der Waals surface area contributed by atoms with Crippen LogP contribution in [0.25, 0.3) is 0 Å². The monoisotopic (exact) mass is 390 g/mol. The number of carbonyl (C=O) groups excluding carboxylic acids is 1. The zero-order valence-corrected chi connectivity index (χ0v) is 16.1. The summed E-state index contributed by atoms with van der Waals surface area (Å²) in [6, 6.07) is 12.4. The van der Waals surface area contributed by atoms with Crippen molar-refractivity contribution in [3.05, 3.63) is 65.7 Å². The molecule has 3 N–H and O–H groups in total. The Kier molecular flexibility index (Phi) is 6.02. The SMILES string of the molecule is CC(C)(C)NS(=O)(=O)c1ccc(C(=O)NC(C(=O)O)c2ccccc2)cc1. The number of carboxylic acids is 1. The lowest BCUT2D eigenvalue weighted by Gasteiger charge is -2.20. The summed E-state index contributed by atoms with van der Waals surface area (Å²) >= 11 is 0. The number of carbonyl (C=O) groups is 2. The summed E-state index contributed by atoms with van der Waals surface area (Å²) in [5.74, 6) is -1.80. The van der Waals surface area contributed by atoms with Crippen molar-refractivity contribution >= 4 is 21.9 Å². The fourth-order valence-corrected chi connectivity index (χ4v) is 3.81. The first-order chi connectivity index (χ1) is 12.5. The van der Waals surface area contributed by atoms with Crippen molar-refractivity contribution in [2.75, 3.05) is 0 Å². The Morgan fingerprint density at radius 2 is 1.52 bits per heavy atom. The molecular weight excluding hydrogens is 368 g/mol. The second-order valence-electron chi connectivity index (χ2n) is 7.04. The van der Waals surface area contributed by atoms with E-state index in [1.165, 1.54) is 24.3 Å². The van der Waals surface area contributed by atoms with Crippen LogP contribution in [0.3, 0.4) is 0 Å². The van der Waals surface area contributed by atoms with E-state index in [2.05, 4.69) is 10.0 Å².